The fraction of sp³-hybridized carbons (Fsp3) is 0.250. The van der Waals surface area contributed by atoms with Crippen molar-refractivity contribution in [3.05, 3.63) is 54.4 Å². The number of carbonyl (C=O) groups is 2. The topological polar surface area (TPSA) is 78.1 Å². The monoisotopic (exact) mass is 380 g/mol. The van der Waals surface area contributed by atoms with Crippen LogP contribution in [0.3, 0.4) is 0 Å². The van der Waals surface area contributed by atoms with Gasteiger partial charge in [0, 0.05) is 23.5 Å². The lowest BCUT2D eigenvalue weighted by Gasteiger charge is -2.17. The Morgan fingerprint density at radius 2 is 2.15 bits per heavy atom. The summed E-state index contributed by atoms with van der Waals surface area (Å²) in [7, 11) is 0. The second kappa shape index (κ2) is 7.44. The standard InChI is InChI=1S/C20H20N4O2S/c1-27-15-6-4-5-14(10-15)24-12-13(9-19(24)25)20(26)21-11-18-22-16-7-2-3-8-17(16)23-18/h2-8,10,13H,9,11-12H2,1H3,(H,21,26)(H,22,23). The average Bonchev–Trinajstić information content (AvgIpc) is 3.29. The first-order valence-corrected chi connectivity index (χ1v) is 10.0. The first-order valence-electron chi connectivity index (χ1n) is 8.80. The normalized spacial score (nSPS) is 16.9. The number of amides is 2. The summed E-state index contributed by atoms with van der Waals surface area (Å²) in [5.74, 6) is 0.225. The third-order valence-corrected chi connectivity index (χ3v) is 5.45. The predicted molar refractivity (Wildman–Crippen MR) is 107 cm³/mol. The van der Waals surface area contributed by atoms with Crippen molar-refractivity contribution in [2.75, 3.05) is 17.7 Å². The Kier molecular flexibility index (Phi) is 4.85. The van der Waals surface area contributed by atoms with Crippen molar-refractivity contribution in [2.24, 2.45) is 5.92 Å². The maximum atomic E-state index is 12.5. The van der Waals surface area contributed by atoms with Crippen LogP contribution in [0.4, 0.5) is 5.69 Å². The second-order valence-corrected chi connectivity index (χ2v) is 7.40. The largest absolute Gasteiger partial charge is 0.349 e. The van der Waals surface area contributed by atoms with Crippen LogP contribution in [-0.2, 0) is 16.1 Å². The molecule has 2 amide bonds. The second-order valence-electron chi connectivity index (χ2n) is 6.53. The molecule has 1 aliphatic heterocycles. The van der Waals surface area contributed by atoms with Crippen LogP contribution in [0.2, 0.25) is 0 Å². The van der Waals surface area contributed by atoms with Crippen molar-refractivity contribution in [2.45, 2.75) is 17.9 Å². The van der Waals surface area contributed by atoms with Gasteiger partial charge in [-0.3, -0.25) is 9.59 Å². The number of imidazole rings is 1. The molecule has 0 spiro atoms. The van der Waals surface area contributed by atoms with Gasteiger partial charge in [-0.2, -0.15) is 0 Å². The van der Waals surface area contributed by atoms with Crippen molar-refractivity contribution >= 4 is 40.3 Å². The summed E-state index contributed by atoms with van der Waals surface area (Å²) in [4.78, 5) is 35.4. The van der Waals surface area contributed by atoms with E-state index in [1.165, 1.54) is 0 Å². The van der Waals surface area contributed by atoms with Gasteiger partial charge in [0.2, 0.25) is 11.8 Å². The van der Waals surface area contributed by atoms with Gasteiger partial charge in [0.25, 0.3) is 0 Å². The van der Waals surface area contributed by atoms with E-state index in [4.69, 9.17) is 0 Å². The summed E-state index contributed by atoms with van der Waals surface area (Å²) in [6, 6.07) is 15.6. The van der Waals surface area contributed by atoms with E-state index in [9.17, 15) is 9.59 Å². The van der Waals surface area contributed by atoms with E-state index in [0.717, 1.165) is 21.6 Å². The molecule has 0 saturated carbocycles. The van der Waals surface area contributed by atoms with Crippen LogP contribution >= 0.6 is 11.8 Å². The number of benzene rings is 2. The SMILES string of the molecule is CSc1cccc(N2CC(C(=O)NCc3nc4ccccc4[nH]3)CC2=O)c1. The van der Waals surface area contributed by atoms with Gasteiger partial charge in [0.1, 0.15) is 5.82 Å². The molecule has 138 valence electrons. The lowest BCUT2D eigenvalue weighted by molar-refractivity contribution is -0.126. The minimum Gasteiger partial charge on any atom is -0.349 e. The van der Waals surface area contributed by atoms with E-state index < -0.39 is 0 Å². The van der Waals surface area contributed by atoms with E-state index in [1.807, 2.05) is 54.8 Å². The van der Waals surface area contributed by atoms with E-state index in [0.29, 0.717) is 18.9 Å². The number of aromatic nitrogens is 2. The van der Waals surface area contributed by atoms with E-state index in [-0.39, 0.29) is 24.2 Å². The molecule has 0 radical (unpaired) electrons. The van der Waals surface area contributed by atoms with Gasteiger partial charge in [-0.25, -0.2) is 4.98 Å². The van der Waals surface area contributed by atoms with Gasteiger partial charge in [-0.05, 0) is 36.6 Å². The van der Waals surface area contributed by atoms with Crippen LogP contribution in [0.15, 0.2) is 53.4 Å². The molecular weight excluding hydrogens is 360 g/mol. The van der Waals surface area contributed by atoms with Crippen molar-refractivity contribution in [3.63, 3.8) is 0 Å². The smallest absolute Gasteiger partial charge is 0.227 e. The number of nitrogens with zero attached hydrogens (tertiary/aromatic N) is 2. The van der Waals surface area contributed by atoms with E-state index in [2.05, 4.69) is 15.3 Å². The Hall–Kier alpha value is -2.80. The molecule has 1 fully saturated rings. The van der Waals surface area contributed by atoms with E-state index in [1.54, 1.807) is 16.7 Å². The summed E-state index contributed by atoms with van der Waals surface area (Å²) in [5.41, 5.74) is 2.66. The summed E-state index contributed by atoms with van der Waals surface area (Å²) < 4.78 is 0. The lowest BCUT2D eigenvalue weighted by atomic mass is 10.1. The summed E-state index contributed by atoms with van der Waals surface area (Å²) in [5, 5.41) is 2.90. The zero-order chi connectivity index (χ0) is 18.8. The van der Waals surface area contributed by atoms with Crippen LogP contribution in [0.1, 0.15) is 12.2 Å². The molecule has 7 heteroatoms. The molecule has 6 nitrogen and oxygen atoms in total. The number of thioether (sulfide) groups is 1. The van der Waals surface area contributed by atoms with Gasteiger partial charge in [0.15, 0.2) is 0 Å². The van der Waals surface area contributed by atoms with Gasteiger partial charge < -0.3 is 15.2 Å². The fourth-order valence-corrected chi connectivity index (χ4v) is 3.77. The van der Waals surface area contributed by atoms with Crippen molar-refractivity contribution in [1.82, 2.24) is 15.3 Å². The summed E-state index contributed by atoms with van der Waals surface area (Å²) in [6.07, 6.45) is 2.23. The molecule has 2 N–H and O–H groups in total. The number of hydrogen-bond donors (Lipinski definition) is 2. The average molecular weight is 380 g/mol. The number of hydrogen-bond acceptors (Lipinski definition) is 4. The number of rotatable bonds is 5. The molecule has 0 bridgehead atoms. The van der Waals surface area contributed by atoms with Crippen LogP contribution in [0.5, 0.6) is 0 Å². The van der Waals surface area contributed by atoms with Crippen LogP contribution < -0.4 is 10.2 Å². The molecule has 2 heterocycles. The number of nitrogens with one attached hydrogen (secondary N) is 2. The quantitative estimate of drug-likeness (QED) is 0.667. The first kappa shape index (κ1) is 17.6. The Morgan fingerprint density at radius 3 is 2.96 bits per heavy atom. The van der Waals surface area contributed by atoms with Crippen LogP contribution in [0, 0.1) is 5.92 Å². The molecule has 1 aliphatic rings. The first-order chi connectivity index (χ1) is 13.1. The van der Waals surface area contributed by atoms with Crippen molar-refractivity contribution in [1.29, 1.82) is 0 Å². The predicted octanol–water partition coefficient (Wildman–Crippen LogP) is 2.95. The highest BCUT2D eigenvalue weighted by atomic mass is 32.2. The fourth-order valence-electron chi connectivity index (χ4n) is 3.32. The highest BCUT2D eigenvalue weighted by molar-refractivity contribution is 7.98. The highest BCUT2D eigenvalue weighted by Gasteiger charge is 2.35. The molecule has 4 rings (SSSR count). The van der Waals surface area contributed by atoms with Gasteiger partial charge in [-0.15, -0.1) is 11.8 Å². The number of fused-ring (bicyclic) bond motifs is 1. The lowest BCUT2D eigenvalue weighted by Crippen LogP contribution is -2.32. The molecule has 1 saturated heterocycles. The molecule has 3 aromatic rings. The molecule has 1 aromatic heterocycles. The number of H-pyrrole nitrogens is 1. The zero-order valence-electron chi connectivity index (χ0n) is 14.9. The molecule has 2 aromatic carbocycles. The summed E-state index contributed by atoms with van der Waals surface area (Å²) in [6.45, 7) is 0.725. The maximum Gasteiger partial charge on any atom is 0.227 e. The minimum atomic E-state index is -0.347. The molecule has 1 unspecified atom stereocenters. The maximum absolute atomic E-state index is 12.5. The third-order valence-electron chi connectivity index (χ3n) is 4.73. The molecule has 0 aliphatic carbocycles. The van der Waals surface area contributed by atoms with Gasteiger partial charge in [0.05, 0.1) is 23.5 Å². The third kappa shape index (κ3) is 3.68. The Labute approximate surface area is 161 Å². The minimum absolute atomic E-state index is 0.0165. The number of para-hydroxylation sites is 2. The van der Waals surface area contributed by atoms with Gasteiger partial charge in [-0.1, -0.05) is 18.2 Å². The summed E-state index contributed by atoms with van der Waals surface area (Å²) >= 11 is 1.63. The van der Waals surface area contributed by atoms with Crippen molar-refractivity contribution < 1.29 is 9.59 Å². The Morgan fingerprint density at radius 1 is 1.30 bits per heavy atom. The zero-order valence-corrected chi connectivity index (χ0v) is 15.8. The van der Waals surface area contributed by atoms with Crippen LogP contribution in [0.25, 0.3) is 11.0 Å². The highest BCUT2D eigenvalue weighted by Crippen LogP contribution is 2.28. The number of aromatic amines is 1. The number of anilines is 1. The molecule has 1 atom stereocenters. The van der Waals surface area contributed by atoms with Crippen LogP contribution in [-0.4, -0.2) is 34.6 Å². The van der Waals surface area contributed by atoms with Crippen molar-refractivity contribution in [3.8, 4) is 0 Å². The van der Waals surface area contributed by atoms with Gasteiger partial charge >= 0.3 is 0 Å². The Bertz CT molecular complexity index is 967. The molecule has 27 heavy (non-hydrogen) atoms. The Balaban J connectivity index is 1.40. The van der Waals surface area contributed by atoms with E-state index >= 15 is 0 Å². The molecular formula is C20H20N4O2S. The number of carbonyl (C=O) groups excluding carboxylic acids is 2.